The number of ether oxygens (including phenoxy) is 2. The van der Waals surface area contributed by atoms with E-state index in [-0.39, 0.29) is 6.01 Å². The number of hydrogen-bond acceptors (Lipinski definition) is 6. The highest BCUT2D eigenvalue weighted by molar-refractivity contribution is 5.90. The molecule has 2 N–H and O–H groups in total. The van der Waals surface area contributed by atoms with E-state index in [1.165, 1.54) is 6.20 Å². The van der Waals surface area contributed by atoms with Gasteiger partial charge in [0.25, 0.3) is 0 Å². The van der Waals surface area contributed by atoms with E-state index in [4.69, 9.17) is 15.2 Å². The fourth-order valence-corrected chi connectivity index (χ4v) is 1.74. The molecule has 1 aromatic carbocycles. The molecule has 0 unspecified atom stereocenters. The number of nitrogens with two attached hydrogens (primary N) is 1. The van der Waals surface area contributed by atoms with Gasteiger partial charge in [0.1, 0.15) is 5.75 Å². The average molecular weight is 287 g/mol. The van der Waals surface area contributed by atoms with Crippen LogP contribution in [-0.4, -0.2) is 22.5 Å². The second-order valence-corrected chi connectivity index (χ2v) is 4.44. The number of benzene rings is 1. The zero-order valence-electron chi connectivity index (χ0n) is 12.2. The summed E-state index contributed by atoms with van der Waals surface area (Å²) < 4.78 is 10.5. The first-order valence-corrected chi connectivity index (χ1v) is 6.56. The van der Waals surface area contributed by atoms with Crippen molar-refractivity contribution in [2.75, 3.05) is 12.3 Å². The third kappa shape index (κ3) is 3.28. The molecule has 0 atom stereocenters. The maximum absolute atomic E-state index is 11.7. The van der Waals surface area contributed by atoms with Crippen LogP contribution in [0.1, 0.15) is 28.5 Å². The van der Waals surface area contributed by atoms with Crippen molar-refractivity contribution in [3.8, 4) is 11.8 Å². The van der Waals surface area contributed by atoms with Gasteiger partial charge in [-0.15, -0.1) is 0 Å². The zero-order chi connectivity index (χ0) is 15.4. The molecule has 0 spiro atoms. The Kier molecular flexibility index (Phi) is 4.37. The van der Waals surface area contributed by atoms with Crippen LogP contribution in [0.2, 0.25) is 0 Å². The number of nitrogens with zero attached hydrogens (tertiary/aromatic N) is 2. The van der Waals surface area contributed by atoms with Crippen LogP contribution in [0, 0.1) is 13.8 Å². The minimum atomic E-state index is -0.443. The Morgan fingerprint density at radius 2 is 2.10 bits per heavy atom. The molecular formula is C15H17N3O3. The van der Waals surface area contributed by atoms with Crippen LogP contribution >= 0.6 is 0 Å². The van der Waals surface area contributed by atoms with E-state index in [0.717, 1.165) is 5.56 Å². The molecule has 0 saturated carbocycles. The summed E-state index contributed by atoms with van der Waals surface area (Å²) in [7, 11) is 0. The summed E-state index contributed by atoms with van der Waals surface area (Å²) in [6.45, 7) is 5.60. The Labute approximate surface area is 122 Å². The van der Waals surface area contributed by atoms with E-state index < -0.39 is 5.97 Å². The van der Waals surface area contributed by atoms with Gasteiger partial charge in [0.05, 0.1) is 17.9 Å². The van der Waals surface area contributed by atoms with Gasteiger partial charge in [-0.1, -0.05) is 6.07 Å². The first-order chi connectivity index (χ1) is 10.0. The minimum absolute atomic E-state index is 0.161. The Hall–Kier alpha value is -2.63. The van der Waals surface area contributed by atoms with Gasteiger partial charge < -0.3 is 15.2 Å². The van der Waals surface area contributed by atoms with Crippen molar-refractivity contribution >= 4 is 11.7 Å². The molecule has 2 aromatic rings. The lowest BCUT2D eigenvalue weighted by Gasteiger charge is -2.10. The van der Waals surface area contributed by atoms with Crippen LogP contribution in [-0.2, 0) is 4.74 Å². The molecular weight excluding hydrogens is 270 g/mol. The highest BCUT2D eigenvalue weighted by Gasteiger charge is 2.14. The molecule has 0 radical (unpaired) electrons. The van der Waals surface area contributed by atoms with E-state index in [0.29, 0.717) is 29.3 Å². The van der Waals surface area contributed by atoms with Crippen molar-refractivity contribution in [2.45, 2.75) is 20.8 Å². The summed E-state index contributed by atoms with van der Waals surface area (Å²) in [6.07, 6.45) is 1.40. The monoisotopic (exact) mass is 287 g/mol. The predicted molar refractivity (Wildman–Crippen MR) is 78.4 cm³/mol. The molecule has 1 aromatic heterocycles. The maximum Gasteiger partial charge on any atom is 0.341 e. The number of aryl methyl sites for hydroxylation is 1. The van der Waals surface area contributed by atoms with Gasteiger partial charge in [-0.05, 0) is 32.9 Å². The van der Waals surface area contributed by atoms with Gasteiger partial charge in [0.15, 0.2) is 0 Å². The number of aromatic nitrogens is 2. The fourth-order valence-electron chi connectivity index (χ4n) is 1.74. The van der Waals surface area contributed by atoms with E-state index in [9.17, 15) is 4.79 Å². The van der Waals surface area contributed by atoms with E-state index >= 15 is 0 Å². The summed E-state index contributed by atoms with van der Waals surface area (Å²) in [6, 6.07) is 5.52. The molecule has 6 nitrogen and oxygen atoms in total. The average Bonchev–Trinajstić information content (AvgIpc) is 2.44. The highest BCUT2D eigenvalue weighted by atomic mass is 16.5. The van der Waals surface area contributed by atoms with Crippen LogP contribution in [0.3, 0.4) is 0 Å². The number of carbonyl (C=O) groups is 1. The summed E-state index contributed by atoms with van der Waals surface area (Å²) in [4.78, 5) is 19.9. The summed E-state index contributed by atoms with van der Waals surface area (Å²) in [5, 5.41) is 0. The molecule has 1 heterocycles. The minimum Gasteiger partial charge on any atom is -0.462 e. The third-order valence-electron chi connectivity index (χ3n) is 2.98. The number of esters is 1. The molecule has 0 saturated heterocycles. The molecule has 2 rings (SSSR count). The number of nitrogen functional groups attached to an aromatic ring is 1. The molecule has 0 fully saturated rings. The molecule has 21 heavy (non-hydrogen) atoms. The van der Waals surface area contributed by atoms with Crippen molar-refractivity contribution in [1.82, 2.24) is 9.97 Å². The lowest BCUT2D eigenvalue weighted by atomic mass is 10.2. The topological polar surface area (TPSA) is 87.3 Å². The summed E-state index contributed by atoms with van der Waals surface area (Å²) in [5.74, 6) is 0.139. The van der Waals surface area contributed by atoms with Crippen molar-refractivity contribution in [3.63, 3.8) is 0 Å². The second-order valence-electron chi connectivity index (χ2n) is 4.44. The van der Waals surface area contributed by atoms with E-state index in [1.807, 2.05) is 6.92 Å². The molecule has 0 bridgehead atoms. The van der Waals surface area contributed by atoms with Crippen molar-refractivity contribution < 1.29 is 14.3 Å². The fraction of sp³-hybridized carbons (Fsp3) is 0.267. The Bertz CT molecular complexity index is 671. The summed E-state index contributed by atoms with van der Waals surface area (Å²) >= 11 is 0. The lowest BCUT2D eigenvalue weighted by molar-refractivity contribution is 0.0524. The molecule has 0 amide bonds. The van der Waals surface area contributed by atoms with Gasteiger partial charge in [0, 0.05) is 17.4 Å². The quantitative estimate of drug-likeness (QED) is 0.687. The normalized spacial score (nSPS) is 10.2. The van der Waals surface area contributed by atoms with E-state index in [2.05, 4.69) is 9.97 Å². The molecule has 0 aliphatic heterocycles. The highest BCUT2D eigenvalue weighted by Crippen LogP contribution is 2.26. The summed E-state index contributed by atoms with van der Waals surface area (Å²) in [5.41, 5.74) is 8.09. The maximum atomic E-state index is 11.7. The van der Waals surface area contributed by atoms with Gasteiger partial charge >= 0.3 is 12.0 Å². The van der Waals surface area contributed by atoms with Gasteiger partial charge in [0.2, 0.25) is 0 Å². The van der Waals surface area contributed by atoms with Crippen LogP contribution in [0.25, 0.3) is 0 Å². The van der Waals surface area contributed by atoms with Gasteiger partial charge in [-0.3, -0.25) is 0 Å². The first-order valence-electron chi connectivity index (χ1n) is 6.56. The predicted octanol–water partition coefficient (Wildman–Crippen LogP) is 2.64. The van der Waals surface area contributed by atoms with Gasteiger partial charge in [-0.2, -0.15) is 4.98 Å². The van der Waals surface area contributed by atoms with Crippen LogP contribution in [0.15, 0.2) is 24.4 Å². The van der Waals surface area contributed by atoms with Gasteiger partial charge in [-0.25, -0.2) is 9.78 Å². The Balaban J connectivity index is 2.24. The molecule has 110 valence electrons. The third-order valence-corrected chi connectivity index (χ3v) is 2.98. The molecule has 0 aliphatic rings. The smallest absolute Gasteiger partial charge is 0.341 e. The molecule has 6 heteroatoms. The Morgan fingerprint density at radius 3 is 2.76 bits per heavy atom. The van der Waals surface area contributed by atoms with Crippen LogP contribution in [0.4, 0.5) is 5.69 Å². The molecule has 0 aliphatic carbocycles. The standard InChI is InChI=1S/C15H17N3O3/c1-4-20-14(19)11-8-17-15(18-10(11)3)21-13-7-5-6-12(16)9(13)2/h5-8H,4,16H2,1-3H3. The number of anilines is 1. The Morgan fingerprint density at radius 1 is 1.33 bits per heavy atom. The van der Waals surface area contributed by atoms with Crippen molar-refractivity contribution in [1.29, 1.82) is 0 Å². The number of carbonyl (C=O) groups excluding carboxylic acids is 1. The van der Waals surface area contributed by atoms with Crippen LogP contribution in [0.5, 0.6) is 11.8 Å². The lowest BCUT2D eigenvalue weighted by Crippen LogP contribution is -2.09. The van der Waals surface area contributed by atoms with Crippen molar-refractivity contribution in [3.05, 3.63) is 41.2 Å². The number of hydrogen-bond donors (Lipinski definition) is 1. The SMILES string of the molecule is CCOC(=O)c1cnc(Oc2cccc(N)c2C)nc1C. The largest absolute Gasteiger partial charge is 0.462 e. The first kappa shape index (κ1) is 14.8. The zero-order valence-corrected chi connectivity index (χ0v) is 12.2. The van der Waals surface area contributed by atoms with E-state index in [1.54, 1.807) is 32.0 Å². The second kappa shape index (κ2) is 6.21. The van der Waals surface area contributed by atoms with Crippen LogP contribution < -0.4 is 10.5 Å². The van der Waals surface area contributed by atoms with Crippen molar-refractivity contribution in [2.24, 2.45) is 0 Å². The number of rotatable bonds is 4.